The highest BCUT2D eigenvalue weighted by Gasteiger charge is 2.34. The number of rotatable bonds is 6. The van der Waals surface area contributed by atoms with Crippen molar-refractivity contribution in [3.63, 3.8) is 0 Å². The molecule has 0 N–H and O–H groups in total. The van der Waals surface area contributed by atoms with Crippen LogP contribution in [0.3, 0.4) is 0 Å². The number of thioether (sulfide) groups is 1. The lowest BCUT2D eigenvalue weighted by molar-refractivity contribution is -0.113. The van der Waals surface area contributed by atoms with Gasteiger partial charge in [-0.2, -0.15) is 0 Å². The Hall–Kier alpha value is -2.57. The van der Waals surface area contributed by atoms with Crippen LogP contribution in [0.25, 0.3) is 6.08 Å². The molecule has 0 aliphatic carbocycles. The first-order chi connectivity index (χ1) is 12.7. The van der Waals surface area contributed by atoms with E-state index in [-0.39, 0.29) is 5.91 Å². The van der Waals surface area contributed by atoms with Crippen molar-refractivity contribution in [2.75, 3.05) is 18.6 Å². The van der Waals surface area contributed by atoms with Crippen LogP contribution in [0.15, 0.2) is 66.1 Å². The van der Waals surface area contributed by atoms with Crippen molar-refractivity contribution in [3.05, 3.63) is 71.7 Å². The quantitative estimate of drug-likeness (QED) is 0.412. The second kappa shape index (κ2) is 8.21. The highest BCUT2D eigenvalue weighted by Crippen LogP contribution is 2.40. The van der Waals surface area contributed by atoms with Crippen molar-refractivity contribution in [2.24, 2.45) is 0 Å². The molecular weight excluding hydrogens is 366 g/mol. The van der Waals surface area contributed by atoms with Crippen molar-refractivity contribution in [3.8, 4) is 11.5 Å². The number of hydrogen-bond donors (Lipinski definition) is 0. The van der Waals surface area contributed by atoms with Crippen LogP contribution in [0.5, 0.6) is 11.5 Å². The molecule has 26 heavy (non-hydrogen) atoms. The summed E-state index contributed by atoms with van der Waals surface area (Å²) in [5.41, 5.74) is 1.45. The molecule has 1 fully saturated rings. The molecule has 4 nitrogen and oxygen atoms in total. The van der Waals surface area contributed by atoms with E-state index in [9.17, 15) is 4.79 Å². The van der Waals surface area contributed by atoms with Crippen LogP contribution in [-0.2, 0) is 4.79 Å². The molecule has 1 aliphatic heterocycles. The standard InChI is InChI=1S/C20H17NO3S2/c1-3-12-24-16-10-6-4-8-14(16)13-18-19(22)21(20(25)26-18)15-9-5-7-11-17(15)23-2/h3-11,13H,1,12H2,2H3/b18-13-. The number of anilines is 1. The van der Waals surface area contributed by atoms with Gasteiger partial charge in [0.05, 0.1) is 17.7 Å². The van der Waals surface area contributed by atoms with Gasteiger partial charge in [0.1, 0.15) is 18.1 Å². The van der Waals surface area contributed by atoms with E-state index >= 15 is 0 Å². The van der Waals surface area contributed by atoms with Crippen LogP contribution in [0.1, 0.15) is 5.56 Å². The van der Waals surface area contributed by atoms with E-state index in [1.807, 2.05) is 42.5 Å². The maximum Gasteiger partial charge on any atom is 0.270 e. The Morgan fingerprint density at radius 3 is 2.58 bits per heavy atom. The minimum absolute atomic E-state index is 0.178. The third-order valence-electron chi connectivity index (χ3n) is 3.68. The summed E-state index contributed by atoms with van der Waals surface area (Å²) in [4.78, 5) is 15.0. The first-order valence-corrected chi connectivity index (χ1v) is 9.12. The molecule has 0 bridgehead atoms. The van der Waals surface area contributed by atoms with Gasteiger partial charge in [-0.05, 0) is 24.3 Å². The topological polar surface area (TPSA) is 38.8 Å². The number of carbonyl (C=O) groups excluding carboxylic acids is 1. The zero-order valence-corrected chi connectivity index (χ0v) is 15.8. The Kier molecular flexibility index (Phi) is 5.75. The maximum absolute atomic E-state index is 13.0. The number of ether oxygens (including phenoxy) is 2. The van der Waals surface area contributed by atoms with Gasteiger partial charge in [-0.1, -0.05) is 67.0 Å². The summed E-state index contributed by atoms with van der Waals surface area (Å²) in [5, 5.41) is 0. The van der Waals surface area contributed by atoms with Gasteiger partial charge in [0.2, 0.25) is 0 Å². The van der Waals surface area contributed by atoms with Gasteiger partial charge in [0, 0.05) is 5.56 Å². The predicted molar refractivity (Wildman–Crippen MR) is 111 cm³/mol. The number of para-hydroxylation sites is 3. The van der Waals surface area contributed by atoms with Gasteiger partial charge < -0.3 is 9.47 Å². The Morgan fingerprint density at radius 1 is 1.15 bits per heavy atom. The Morgan fingerprint density at radius 2 is 1.85 bits per heavy atom. The molecule has 1 saturated heterocycles. The minimum Gasteiger partial charge on any atom is -0.495 e. The van der Waals surface area contributed by atoms with Crippen molar-refractivity contribution >= 4 is 46.0 Å². The van der Waals surface area contributed by atoms with Gasteiger partial charge >= 0.3 is 0 Å². The fraction of sp³-hybridized carbons (Fsp3) is 0.100. The van der Waals surface area contributed by atoms with Crippen molar-refractivity contribution < 1.29 is 14.3 Å². The molecule has 6 heteroatoms. The third-order valence-corrected chi connectivity index (χ3v) is 4.98. The molecule has 1 aliphatic rings. The van der Waals surface area contributed by atoms with Gasteiger partial charge in [0.15, 0.2) is 4.32 Å². The monoisotopic (exact) mass is 383 g/mol. The molecule has 0 saturated carbocycles. The van der Waals surface area contributed by atoms with Crippen LogP contribution in [0, 0.1) is 0 Å². The van der Waals surface area contributed by atoms with Crippen molar-refractivity contribution in [1.82, 2.24) is 0 Å². The van der Waals surface area contributed by atoms with Gasteiger partial charge in [-0.15, -0.1) is 0 Å². The lowest BCUT2D eigenvalue weighted by atomic mass is 10.2. The zero-order valence-electron chi connectivity index (χ0n) is 14.2. The van der Waals surface area contributed by atoms with E-state index in [1.165, 1.54) is 16.7 Å². The lowest BCUT2D eigenvalue weighted by Crippen LogP contribution is -2.27. The number of benzene rings is 2. The van der Waals surface area contributed by atoms with Gasteiger partial charge in [0.25, 0.3) is 5.91 Å². The summed E-state index contributed by atoms with van der Waals surface area (Å²) >= 11 is 6.69. The smallest absolute Gasteiger partial charge is 0.270 e. The Bertz CT molecular complexity index is 892. The third kappa shape index (κ3) is 3.66. The number of thiocarbonyl (C=S) groups is 1. The maximum atomic E-state index is 13.0. The summed E-state index contributed by atoms with van der Waals surface area (Å²) in [6, 6.07) is 14.8. The van der Waals surface area contributed by atoms with Gasteiger partial charge in [-0.3, -0.25) is 9.69 Å². The average Bonchev–Trinajstić information content (AvgIpc) is 2.94. The van der Waals surface area contributed by atoms with Gasteiger partial charge in [-0.25, -0.2) is 0 Å². The summed E-state index contributed by atoms with van der Waals surface area (Å²) in [5.74, 6) is 1.11. The molecule has 0 unspecified atom stereocenters. The molecule has 2 aromatic rings. The summed E-state index contributed by atoms with van der Waals surface area (Å²) in [7, 11) is 1.57. The molecule has 0 radical (unpaired) electrons. The normalized spacial score (nSPS) is 15.4. The highest BCUT2D eigenvalue weighted by atomic mass is 32.2. The van der Waals surface area contributed by atoms with Crippen LogP contribution in [0.2, 0.25) is 0 Å². The van der Waals surface area contributed by atoms with E-state index < -0.39 is 0 Å². The molecule has 0 atom stereocenters. The SMILES string of the molecule is C=CCOc1ccccc1/C=C1\SC(=S)N(c2ccccc2OC)C1=O. The van der Waals surface area contributed by atoms with Crippen LogP contribution in [0.4, 0.5) is 5.69 Å². The largest absolute Gasteiger partial charge is 0.495 e. The molecule has 1 amide bonds. The average molecular weight is 383 g/mol. The molecule has 2 aromatic carbocycles. The van der Waals surface area contributed by atoms with E-state index in [0.29, 0.717) is 33.0 Å². The second-order valence-electron chi connectivity index (χ2n) is 5.33. The first-order valence-electron chi connectivity index (χ1n) is 7.89. The second-order valence-corrected chi connectivity index (χ2v) is 7.00. The number of methoxy groups -OCH3 is 1. The zero-order chi connectivity index (χ0) is 18.5. The number of nitrogens with zero attached hydrogens (tertiary/aromatic N) is 1. The summed E-state index contributed by atoms with van der Waals surface area (Å²) in [6.45, 7) is 4.05. The molecule has 0 aromatic heterocycles. The molecular formula is C20H17NO3S2. The fourth-order valence-electron chi connectivity index (χ4n) is 2.51. The lowest BCUT2D eigenvalue weighted by Gasteiger charge is -2.17. The van der Waals surface area contributed by atoms with Crippen LogP contribution < -0.4 is 14.4 Å². The molecule has 0 spiro atoms. The van der Waals surface area contributed by atoms with Crippen LogP contribution >= 0.6 is 24.0 Å². The Labute approximate surface area is 162 Å². The molecule has 3 rings (SSSR count). The number of carbonyl (C=O) groups is 1. The molecule has 1 heterocycles. The highest BCUT2D eigenvalue weighted by molar-refractivity contribution is 8.27. The van der Waals surface area contributed by atoms with Crippen molar-refractivity contribution in [1.29, 1.82) is 0 Å². The fourth-order valence-corrected chi connectivity index (χ4v) is 3.79. The Balaban J connectivity index is 1.95. The summed E-state index contributed by atoms with van der Waals surface area (Å²) in [6.07, 6.45) is 3.48. The van der Waals surface area contributed by atoms with Crippen LogP contribution in [-0.4, -0.2) is 23.9 Å². The number of amides is 1. The number of hydrogen-bond acceptors (Lipinski definition) is 5. The summed E-state index contributed by atoms with van der Waals surface area (Å²) < 4.78 is 11.5. The predicted octanol–water partition coefficient (Wildman–Crippen LogP) is 4.67. The van der Waals surface area contributed by atoms with E-state index in [4.69, 9.17) is 21.7 Å². The van der Waals surface area contributed by atoms with E-state index in [1.54, 1.807) is 25.3 Å². The van der Waals surface area contributed by atoms with Crippen molar-refractivity contribution in [2.45, 2.75) is 0 Å². The van der Waals surface area contributed by atoms with E-state index in [0.717, 1.165) is 5.56 Å². The first kappa shape index (κ1) is 18.2. The van der Waals surface area contributed by atoms with E-state index in [2.05, 4.69) is 6.58 Å². The minimum atomic E-state index is -0.178. The molecule has 132 valence electrons.